The Labute approximate surface area is 102 Å². The molecular formula is C14H8S2. The normalized spacial score (nSPS) is 20.5. The Kier molecular flexibility index (Phi) is 1.67. The standard InChI is InChI=1S/C14H8S2/c1-3-13-11(5-7-15-13)9(1)10-2-4-14-12(10)6-8-16-14/h1-8H/b10-9-. The monoisotopic (exact) mass is 240 g/mol. The average Bonchev–Trinajstić information content (AvgIpc) is 2.97. The third-order valence-corrected chi connectivity index (χ3v) is 4.83. The van der Waals surface area contributed by atoms with E-state index >= 15 is 0 Å². The van der Waals surface area contributed by atoms with E-state index in [0.29, 0.717) is 0 Å². The van der Waals surface area contributed by atoms with Gasteiger partial charge in [0.05, 0.1) is 0 Å². The van der Waals surface area contributed by atoms with Gasteiger partial charge in [-0.05, 0) is 46.2 Å². The lowest BCUT2D eigenvalue weighted by Gasteiger charge is -2.02. The van der Waals surface area contributed by atoms with E-state index < -0.39 is 0 Å². The minimum Gasteiger partial charge on any atom is -0.144 e. The van der Waals surface area contributed by atoms with Gasteiger partial charge >= 0.3 is 0 Å². The van der Waals surface area contributed by atoms with E-state index in [-0.39, 0.29) is 0 Å². The summed E-state index contributed by atoms with van der Waals surface area (Å²) < 4.78 is 0. The number of hydrogen-bond acceptors (Lipinski definition) is 2. The Balaban J connectivity index is 2.02. The van der Waals surface area contributed by atoms with Crippen molar-refractivity contribution in [2.24, 2.45) is 0 Å². The summed E-state index contributed by atoms with van der Waals surface area (Å²) in [5.74, 6) is 0. The van der Waals surface area contributed by atoms with Crippen LogP contribution < -0.4 is 0 Å². The van der Waals surface area contributed by atoms with Crippen molar-refractivity contribution in [1.82, 2.24) is 0 Å². The molecule has 0 N–H and O–H groups in total. The predicted molar refractivity (Wildman–Crippen MR) is 73.5 cm³/mol. The van der Waals surface area contributed by atoms with Crippen LogP contribution in [0.3, 0.4) is 0 Å². The van der Waals surface area contributed by atoms with Crippen LogP contribution in [-0.2, 0) is 0 Å². The van der Waals surface area contributed by atoms with Gasteiger partial charge in [0, 0.05) is 20.9 Å². The summed E-state index contributed by atoms with van der Waals surface area (Å²) in [5.41, 5.74) is 5.54. The lowest BCUT2D eigenvalue weighted by Crippen LogP contribution is -1.81. The molecule has 0 fully saturated rings. The van der Waals surface area contributed by atoms with Crippen molar-refractivity contribution in [1.29, 1.82) is 0 Å². The highest BCUT2D eigenvalue weighted by Gasteiger charge is 2.20. The number of fused-ring (bicyclic) bond motifs is 2. The van der Waals surface area contributed by atoms with Crippen molar-refractivity contribution in [3.8, 4) is 0 Å². The SMILES string of the molecule is C1=Cc2sccc2/C1=C1/C=Cc2sccc21. The topological polar surface area (TPSA) is 0 Å². The van der Waals surface area contributed by atoms with Gasteiger partial charge in [-0.15, -0.1) is 22.7 Å². The predicted octanol–water partition coefficient (Wildman–Crippen LogP) is 4.77. The Hall–Kier alpha value is -1.38. The summed E-state index contributed by atoms with van der Waals surface area (Å²) in [6, 6.07) is 4.45. The number of hydrogen-bond donors (Lipinski definition) is 0. The van der Waals surface area contributed by atoms with Crippen molar-refractivity contribution in [3.63, 3.8) is 0 Å². The molecule has 2 aliphatic carbocycles. The van der Waals surface area contributed by atoms with Crippen LogP contribution in [0.2, 0.25) is 0 Å². The van der Waals surface area contributed by atoms with Gasteiger partial charge in [0.15, 0.2) is 0 Å². The molecule has 76 valence electrons. The van der Waals surface area contributed by atoms with Crippen molar-refractivity contribution in [3.05, 3.63) is 55.9 Å². The van der Waals surface area contributed by atoms with E-state index in [4.69, 9.17) is 0 Å². The maximum Gasteiger partial charge on any atom is 0.0349 e. The first-order valence-corrected chi connectivity index (χ1v) is 6.95. The minimum absolute atomic E-state index is 1.38. The van der Waals surface area contributed by atoms with E-state index in [2.05, 4.69) is 47.2 Å². The van der Waals surface area contributed by atoms with Gasteiger partial charge in [-0.2, -0.15) is 0 Å². The zero-order valence-electron chi connectivity index (χ0n) is 8.44. The third kappa shape index (κ3) is 1.03. The molecule has 2 aromatic rings. The second kappa shape index (κ2) is 3.06. The van der Waals surface area contributed by atoms with Crippen molar-refractivity contribution in [2.45, 2.75) is 0 Å². The van der Waals surface area contributed by atoms with Gasteiger partial charge in [-0.1, -0.05) is 12.2 Å². The number of allylic oxidation sites excluding steroid dienone is 4. The molecule has 0 atom stereocenters. The first-order chi connectivity index (χ1) is 7.93. The van der Waals surface area contributed by atoms with E-state index in [1.165, 1.54) is 32.0 Å². The largest absolute Gasteiger partial charge is 0.144 e. The number of rotatable bonds is 0. The first-order valence-electron chi connectivity index (χ1n) is 5.20. The van der Waals surface area contributed by atoms with Crippen LogP contribution in [0, 0.1) is 0 Å². The Bertz CT molecular complexity index is 604. The molecule has 0 spiro atoms. The molecule has 2 heterocycles. The molecule has 0 saturated carbocycles. The quantitative estimate of drug-likeness (QED) is 0.622. The van der Waals surface area contributed by atoms with Crippen LogP contribution in [0.15, 0.2) is 35.0 Å². The maximum atomic E-state index is 2.24. The summed E-state index contributed by atoms with van der Waals surface area (Å²) in [4.78, 5) is 2.78. The zero-order valence-corrected chi connectivity index (χ0v) is 10.1. The molecule has 4 rings (SSSR count). The van der Waals surface area contributed by atoms with E-state index in [1.807, 2.05) is 22.7 Å². The third-order valence-electron chi connectivity index (χ3n) is 3.06. The molecule has 2 heteroatoms. The fraction of sp³-hybridized carbons (Fsp3) is 0. The lowest BCUT2D eigenvalue weighted by atomic mass is 10.0. The molecule has 0 aliphatic heterocycles. The zero-order chi connectivity index (χ0) is 10.5. The highest BCUT2D eigenvalue weighted by Crippen LogP contribution is 2.43. The van der Waals surface area contributed by atoms with Crippen LogP contribution in [0.1, 0.15) is 20.9 Å². The molecule has 0 nitrogen and oxygen atoms in total. The average molecular weight is 240 g/mol. The fourth-order valence-electron chi connectivity index (χ4n) is 2.31. The molecule has 0 unspecified atom stereocenters. The molecule has 0 saturated heterocycles. The van der Waals surface area contributed by atoms with E-state index in [1.54, 1.807) is 0 Å². The summed E-state index contributed by atoms with van der Waals surface area (Å²) >= 11 is 3.63. The summed E-state index contributed by atoms with van der Waals surface area (Å²) in [6.45, 7) is 0. The lowest BCUT2D eigenvalue weighted by molar-refractivity contribution is 1.76. The summed E-state index contributed by atoms with van der Waals surface area (Å²) in [6.07, 6.45) is 8.93. The maximum absolute atomic E-state index is 2.24. The van der Waals surface area contributed by atoms with Crippen molar-refractivity contribution >= 4 is 46.0 Å². The summed E-state index contributed by atoms with van der Waals surface area (Å²) in [7, 11) is 0. The Morgan fingerprint density at radius 2 is 1.12 bits per heavy atom. The molecule has 16 heavy (non-hydrogen) atoms. The summed E-state index contributed by atoms with van der Waals surface area (Å²) in [5, 5.41) is 4.34. The van der Waals surface area contributed by atoms with Gasteiger partial charge in [-0.25, -0.2) is 0 Å². The highest BCUT2D eigenvalue weighted by molar-refractivity contribution is 7.11. The molecule has 0 aromatic carbocycles. The van der Waals surface area contributed by atoms with Crippen LogP contribution in [0.4, 0.5) is 0 Å². The van der Waals surface area contributed by atoms with Crippen LogP contribution in [0.5, 0.6) is 0 Å². The van der Waals surface area contributed by atoms with Crippen LogP contribution >= 0.6 is 22.7 Å². The van der Waals surface area contributed by atoms with Gasteiger partial charge in [0.1, 0.15) is 0 Å². The van der Waals surface area contributed by atoms with Gasteiger partial charge < -0.3 is 0 Å². The molecule has 2 aliphatic rings. The molecule has 0 amide bonds. The van der Waals surface area contributed by atoms with Crippen molar-refractivity contribution in [2.75, 3.05) is 0 Å². The van der Waals surface area contributed by atoms with Crippen molar-refractivity contribution < 1.29 is 0 Å². The fourth-order valence-corrected chi connectivity index (χ4v) is 3.92. The molecule has 0 bridgehead atoms. The second-order valence-corrected chi connectivity index (χ2v) is 5.79. The Morgan fingerprint density at radius 1 is 0.625 bits per heavy atom. The minimum atomic E-state index is 1.38. The smallest absolute Gasteiger partial charge is 0.0349 e. The molecular weight excluding hydrogens is 232 g/mol. The van der Waals surface area contributed by atoms with Gasteiger partial charge in [0.2, 0.25) is 0 Å². The van der Waals surface area contributed by atoms with Crippen LogP contribution in [0.25, 0.3) is 23.3 Å². The highest BCUT2D eigenvalue weighted by atomic mass is 32.1. The first kappa shape index (κ1) is 8.74. The van der Waals surface area contributed by atoms with E-state index in [0.717, 1.165) is 0 Å². The molecule has 0 radical (unpaired) electrons. The van der Waals surface area contributed by atoms with Crippen LogP contribution in [-0.4, -0.2) is 0 Å². The van der Waals surface area contributed by atoms with E-state index in [9.17, 15) is 0 Å². The van der Waals surface area contributed by atoms with Gasteiger partial charge in [0.25, 0.3) is 0 Å². The second-order valence-electron chi connectivity index (χ2n) is 3.89. The van der Waals surface area contributed by atoms with Gasteiger partial charge in [-0.3, -0.25) is 0 Å². The molecule has 2 aromatic heterocycles. The Morgan fingerprint density at radius 3 is 1.62 bits per heavy atom. The number of thiophene rings is 2.